The number of aryl methyl sites for hydroxylation is 1. The third-order valence-corrected chi connectivity index (χ3v) is 3.80. The van der Waals surface area contributed by atoms with Gasteiger partial charge in [-0.15, -0.1) is 0 Å². The molecule has 1 aromatic rings. The lowest BCUT2D eigenvalue weighted by Gasteiger charge is -2.17. The normalized spacial score (nSPS) is 23.4. The highest BCUT2D eigenvalue weighted by molar-refractivity contribution is 5.89. The van der Waals surface area contributed by atoms with Gasteiger partial charge in [-0.1, -0.05) is 6.07 Å². The van der Waals surface area contributed by atoms with Crippen LogP contribution in [0.5, 0.6) is 0 Å². The van der Waals surface area contributed by atoms with Crippen molar-refractivity contribution >= 4 is 17.3 Å². The molecule has 1 heterocycles. The van der Waals surface area contributed by atoms with E-state index in [1.54, 1.807) is 0 Å². The van der Waals surface area contributed by atoms with Crippen LogP contribution >= 0.6 is 0 Å². The fourth-order valence-corrected chi connectivity index (χ4v) is 2.58. The Labute approximate surface area is 115 Å². The Morgan fingerprint density at radius 3 is 2.74 bits per heavy atom. The number of anilines is 2. The standard InChI is InChI=1S/C15H23N3O/c1-10-5-6-13(16-12(3)19)8-15(10)17-14-7-11(2)18(4)9-14/h5-6,8,11,14,17H,7,9H2,1-4H3,(H,16,19). The van der Waals surface area contributed by atoms with Crippen molar-refractivity contribution in [2.75, 3.05) is 24.2 Å². The number of carbonyl (C=O) groups is 1. The van der Waals surface area contributed by atoms with Crippen LogP contribution in [0.2, 0.25) is 0 Å². The van der Waals surface area contributed by atoms with Gasteiger partial charge in [0.15, 0.2) is 0 Å². The summed E-state index contributed by atoms with van der Waals surface area (Å²) < 4.78 is 0. The number of likely N-dealkylation sites (N-methyl/N-ethyl adjacent to an activating group) is 1. The number of nitrogens with one attached hydrogen (secondary N) is 2. The van der Waals surface area contributed by atoms with E-state index in [9.17, 15) is 4.79 Å². The Morgan fingerprint density at radius 2 is 2.16 bits per heavy atom. The van der Waals surface area contributed by atoms with Crippen LogP contribution in [0.25, 0.3) is 0 Å². The second-order valence-corrected chi connectivity index (χ2v) is 5.58. The number of likely N-dealkylation sites (tertiary alicyclic amines) is 1. The molecule has 0 aliphatic carbocycles. The fraction of sp³-hybridized carbons (Fsp3) is 0.533. The molecule has 0 saturated carbocycles. The van der Waals surface area contributed by atoms with Crippen LogP contribution in [0.1, 0.15) is 25.8 Å². The van der Waals surface area contributed by atoms with Crippen LogP contribution in [0.15, 0.2) is 18.2 Å². The van der Waals surface area contributed by atoms with Gasteiger partial charge in [0, 0.05) is 36.9 Å². The first-order valence-electron chi connectivity index (χ1n) is 6.80. The maximum atomic E-state index is 11.1. The summed E-state index contributed by atoms with van der Waals surface area (Å²) in [5.41, 5.74) is 3.16. The predicted octanol–water partition coefficient (Wildman–Crippen LogP) is 2.46. The SMILES string of the molecule is CC(=O)Nc1ccc(C)c(NC2CC(C)N(C)C2)c1. The maximum Gasteiger partial charge on any atom is 0.221 e. The second-order valence-electron chi connectivity index (χ2n) is 5.58. The summed E-state index contributed by atoms with van der Waals surface area (Å²) in [5, 5.41) is 6.42. The van der Waals surface area contributed by atoms with Crippen molar-refractivity contribution in [2.24, 2.45) is 0 Å². The molecule has 1 aromatic carbocycles. The molecule has 0 spiro atoms. The molecule has 2 rings (SSSR count). The molecule has 1 fully saturated rings. The third-order valence-electron chi connectivity index (χ3n) is 3.80. The van der Waals surface area contributed by atoms with Gasteiger partial charge in [0.25, 0.3) is 0 Å². The number of hydrogen-bond acceptors (Lipinski definition) is 3. The largest absolute Gasteiger partial charge is 0.381 e. The predicted molar refractivity (Wildman–Crippen MR) is 79.6 cm³/mol. The smallest absolute Gasteiger partial charge is 0.221 e. The summed E-state index contributed by atoms with van der Waals surface area (Å²) in [6, 6.07) is 7.09. The van der Waals surface area contributed by atoms with E-state index in [1.807, 2.05) is 18.2 Å². The van der Waals surface area contributed by atoms with Gasteiger partial charge < -0.3 is 15.5 Å². The summed E-state index contributed by atoms with van der Waals surface area (Å²) in [4.78, 5) is 13.5. The Balaban J connectivity index is 2.09. The molecule has 4 nitrogen and oxygen atoms in total. The van der Waals surface area contributed by atoms with E-state index >= 15 is 0 Å². The summed E-state index contributed by atoms with van der Waals surface area (Å²) in [6.07, 6.45) is 1.15. The Hall–Kier alpha value is -1.55. The molecule has 1 aliphatic rings. The van der Waals surface area contributed by atoms with Crippen molar-refractivity contribution in [1.82, 2.24) is 4.90 Å². The molecule has 0 bridgehead atoms. The molecule has 2 N–H and O–H groups in total. The summed E-state index contributed by atoms with van der Waals surface area (Å²) in [6.45, 7) is 6.93. The van der Waals surface area contributed by atoms with Crippen molar-refractivity contribution < 1.29 is 4.79 Å². The molecular weight excluding hydrogens is 238 g/mol. The van der Waals surface area contributed by atoms with E-state index in [4.69, 9.17) is 0 Å². The lowest BCUT2D eigenvalue weighted by atomic mass is 10.1. The number of carbonyl (C=O) groups excluding carboxylic acids is 1. The maximum absolute atomic E-state index is 11.1. The van der Waals surface area contributed by atoms with E-state index in [1.165, 1.54) is 12.5 Å². The fourth-order valence-electron chi connectivity index (χ4n) is 2.58. The molecule has 1 aliphatic heterocycles. The first-order chi connectivity index (χ1) is 8.95. The average molecular weight is 261 g/mol. The van der Waals surface area contributed by atoms with Crippen molar-refractivity contribution in [3.05, 3.63) is 23.8 Å². The molecule has 4 heteroatoms. The van der Waals surface area contributed by atoms with E-state index in [0.29, 0.717) is 12.1 Å². The number of amides is 1. The van der Waals surface area contributed by atoms with E-state index in [0.717, 1.165) is 24.3 Å². The molecule has 2 atom stereocenters. The van der Waals surface area contributed by atoms with Gasteiger partial charge in [-0.05, 0) is 45.0 Å². The summed E-state index contributed by atoms with van der Waals surface area (Å²) in [7, 11) is 2.16. The van der Waals surface area contributed by atoms with Crippen LogP contribution < -0.4 is 10.6 Å². The molecule has 0 aromatic heterocycles. The highest BCUT2D eigenvalue weighted by Gasteiger charge is 2.26. The molecule has 2 unspecified atom stereocenters. The zero-order valence-electron chi connectivity index (χ0n) is 12.2. The lowest BCUT2D eigenvalue weighted by molar-refractivity contribution is -0.114. The Bertz CT molecular complexity index is 462. The highest BCUT2D eigenvalue weighted by Crippen LogP contribution is 2.24. The minimum Gasteiger partial charge on any atom is -0.381 e. The second kappa shape index (κ2) is 5.61. The van der Waals surface area contributed by atoms with Crippen molar-refractivity contribution in [3.8, 4) is 0 Å². The van der Waals surface area contributed by atoms with Crippen molar-refractivity contribution in [1.29, 1.82) is 0 Å². The van der Waals surface area contributed by atoms with Gasteiger partial charge in [0.05, 0.1) is 0 Å². The number of nitrogens with zero attached hydrogens (tertiary/aromatic N) is 1. The van der Waals surface area contributed by atoms with Gasteiger partial charge in [0.2, 0.25) is 5.91 Å². The van der Waals surface area contributed by atoms with Crippen LogP contribution in [-0.4, -0.2) is 36.5 Å². The zero-order valence-corrected chi connectivity index (χ0v) is 12.2. The summed E-state index contributed by atoms with van der Waals surface area (Å²) >= 11 is 0. The van der Waals surface area contributed by atoms with Gasteiger partial charge in [0.1, 0.15) is 0 Å². The Morgan fingerprint density at radius 1 is 1.42 bits per heavy atom. The molecule has 1 amide bonds. The van der Waals surface area contributed by atoms with Crippen LogP contribution in [0, 0.1) is 6.92 Å². The van der Waals surface area contributed by atoms with Crippen molar-refractivity contribution in [2.45, 2.75) is 39.3 Å². The number of rotatable bonds is 3. The van der Waals surface area contributed by atoms with Gasteiger partial charge >= 0.3 is 0 Å². The highest BCUT2D eigenvalue weighted by atomic mass is 16.1. The van der Waals surface area contributed by atoms with E-state index in [-0.39, 0.29) is 5.91 Å². The minimum atomic E-state index is -0.0379. The molecule has 19 heavy (non-hydrogen) atoms. The molecule has 104 valence electrons. The lowest BCUT2D eigenvalue weighted by Crippen LogP contribution is -2.25. The molecule has 0 radical (unpaired) electrons. The van der Waals surface area contributed by atoms with Crippen LogP contribution in [-0.2, 0) is 4.79 Å². The van der Waals surface area contributed by atoms with Gasteiger partial charge in [-0.25, -0.2) is 0 Å². The number of hydrogen-bond donors (Lipinski definition) is 2. The van der Waals surface area contributed by atoms with E-state index < -0.39 is 0 Å². The van der Waals surface area contributed by atoms with Crippen molar-refractivity contribution in [3.63, 3.8) is 0 Å². The van der Waals surface area contributed by atoms with E-state index in [2.05, 4.69) is 36.4 Å². The third kappa shape index (κ3) is 3.47. The quantitative estimate of drug-likeness (QED) is 0.878. The molecule has 1 saturated heterocycles. The van der Waals surface area contributed by atoms with Gasteiger partial charge in [-0.2, -0.15) is 0 Å². The Kier molecular flexibility index (Phi) is 4.10. The first kappa shape index (κ1) is 13.9. The number of benzene rings is 1. The van der Waals surface area contributed by atoms with Crippen LogP contribution in [0.4, 0.5) is 11.4 Å². The molecular formula is C15H23N3O. The first-order valence-corrected chi connectivity index (χ1v) is 6.80. The summed E-state index contributed by atoms with van der Waals surface area (Å²) in [5.74, 6) is -0.0379. The van der Waals surface area contributed by atoms with Gasteiger partial charge in [-0.3, -0.25) is 4.79 Å². The average Bonchev–Trinajstić information content (AvgIpc) is 2.62. The monoisotopic (exact) mass is 261 g/mol. The zero-order chi connectivity index (χ0) is 14.0. The van der Waals surface area contributed by atoms with Crippen LogP contribution in [0.3, 0.4) is 0 Å². The minimum absolute atomic E-state index is 0.0379. The topological polar surface area (TPSA) is 44.4 Å².